The summed E-state index contributed by atoms with van der Waals surface area (Å²) in [5.41, 5.74) is 9.32. The fourth-order valence-electron chi connectivity index (χ4n) is 3.11. The van der Waals surface area contributed by atoms with Gasteiger partial charge in [0.1, 0.15) is 5.82 Å². The number of amides is 2. The van der Waals surface area contributed by atoms with Crippen molar-refractivity contribution in [3.63, 3.8) is 0 Å². The second kappa shape index (κ2) is 6.69. The second-order valence-electron chi connectivity index (χ2n) is 6.50. The van der Waals surface area contributed by atoms with Crippen LogP contribution < -0.4 is 16.4 Å². The van der Waals surface area contributed by atoms with E-state index in [1.807, 2.05) is 25.1 Å². The molecule has 8 nitrogen and oxygen atoms in total. The van der Waals surface area contributed by atoms with E-state index in [1.165, 1.54) is 6.20 Å². The summed E-state index contributed by atoms with van der Waals surface area (Å²) in [6.07, 6.45) is 3.13. The molecule has 0 unspecified atom stereocenters. The van der Waals surface area contributed by atoms with Crippen LogP contribution in [0.1, 0.15) is 11.1 Å². The number of aromatic amines is 1. The summed E-state index contributed by atoms with van der Waals surface area (Å²) in [5, 5.41) is 17.0. The Hall–Kier alpha value is -3.88. The summed E-state index contributed by atoms with van der Waals surface area (Å²) in [5.74, 6) is -0.0998. The maximum absolute atomic E-state index is 14.2. The van der Waals surface area contributed by atoms with Gasteiger partial charge in [-0.2, -0.15) is 10.2 Å². The van der Waals surface area contributed by atoms with Gasteiger partial charge < -0.3 is 16.4 Å². The average Bonchev–Trinajstić information content (AvgIpc) is 3.26. The van der Waals surface area contributed by atoms with Gasteiger partial charge in [0.25, 0.3) is 0 Å². The molecule has 5 N–H and O–H groups in total. The molecule has 0 spiro atoms. The molecule has 142 valence electrons. The summed E-state index contributed by atoms with van der Waals surface area (Å²) in [7, 11) is 0. The second-order valence-corrected chi connectivity index (χ2v) is 6.50. The summed E-state index contributed by atoms with van der Waals surface area (Å²) < 4.78 is 15.8. The third-order valence-corrected chi connectivity index (χ3v) is 4.33. The Bertz CT molecular complexity index is 1190. The quantitative estimate of drug-likeness (QED) is 0.434. The number of aryl methyl sites for hydroxylation is 2. The third kappa shape index (κ3) is 3.13. The number of aromatic nitrogens is 4. The number of anilines is 3. The molecule has 2 amide bonds. The fraction of sp³-hybridized carbons (Fsp3) is 0.105. The lowest BCUT2D eigenvalue weighted by atomic mass is 10.1. The van der Waals surface area contributed by atoms with E-state index >= 15 is 0 Å². The number of H-pyrrole nitrogens is 1. The number of nitrogens with zero attached hydrogens (tertiary/aromatic N) is 3. The van der Waals surface area contributed by atoms with Crippen LogP contribution >= 0.6 is 0 Å². The molecule has 2 aromatic heterocycles. The molecule has 0 aliphatic rings. The topological polar surface area (TPSA) is 114 Å². The minimum atomic E-state index is -0.565. The number of nitrogens with two attached hydrogens (primary N) is 1. The Morgan fingerprint density at radius 1 is 1.25 bits per heavy atom. The molecule has 2 heterocycles. The van der Waals surface area contributed by atoms with Gasteiger partial charge in [0.05, 0.1) is 40.4 Å². The molecule has 0 aliphatic heterocycles. The maximum Gasteiger partial charge on any atom is 0.323 e. The van der Waals surface area contributed by atoms with Gasteiger partial charge in [-0.05, 0) is 43.2 Å². The average molecular weight is 379 g/mol. The SMILES string of the molecule is Cc1cc(C)c(F)c(NC(=O)Nc2cnn(-c3cccc4[nH]nc(N)c34)c2)c1. The number of nitrogen functional groups attached to an aromatic ring is 1. The third-order valence-electron chi connectivity index (χ3n) is 4.33. The lowest BCUT2D eigenvalue weighted by Crippen LogP contribution is -2.20. The lowest BCUT2D eigenvalue weighted by Gasteiger charge is -2.10. The highest BCUT2D eigenvalue weighted by Gasteiger charge is 2.13. The highest BCUT2D eigenvalue weighted by atomic mass is 19.1. The molecule has 0 bridgehead atoms. The van der Waals surface area contributed by atoms with Gasteiger partial charge in [-0.15, -0.1) is 0 Å². The van der Waals surface area contributed by atoms with Crippen molar-refractivity contribution in [1.82, 2.24) is 20.0 Å². The predicted octanol–water partition coefficient (Wildman–Crippen LogP) is 3.73. The van der Waals surface area contributed by atoms with Crippen LogP contribution in [0.5, 0.6) is 0 Å². The first-order valence-electron chi connectivity index (χ1n) is 8.55. The van der Waals surface area contributed by atoms with Gasteiger partial charge in [0.2, 0.25) is 0 Å². The number of rotatable bonds is 3. The lowest BCUT2D eigenvalue weighted by molar-refractivity contribution is 0.262. The van der Waals surface area contributed by atoms with E-state index < -0.39 is 11.8 Å². The molecule has 28 heavy (non-hydrogen) atoms. The minimum Gasteiger partial charge on any atom is -0.382 e. The van der Waals surface area contributed by atoms with Gasteiger partial charge >= 0.3 is 6.03 Å². The number of benzene rings is 2. The molecule has 0 fully saturated rings. The van der Waals surface area contributed by atoms with Crippen molar-refractivity contribution < 1.29 is 9.18 Å². The van der Waals surface area contributed by atoms with E-state index in [9.17, 15) is 9.18 Å². The normalized spacial score (nSPS) is 11.0. The highest BCUT2D eigenvalue weighted by molar-refractivity contribution is 6.00. The fourth-order valence-corrected chi connectivity index (χ4v) is 3.11. The Kier molecular flexibility index (Phi) is 4.19. The van der Waals surface area contributed by atoms with Crippen LogP contribution in [0.15, 0.2) is 42.7 Å². The molecular formula is C19H18FN7O. The van der Waals surface area contributed by atoms with Crippen LogP contribution in [0.4, 0.5) is 26.4 Å². The van der Waals surface area contributed by atoms with E-state index in [4.69, 9.17) is 5.73 Å². The smallest absolute Gasteiger partial charge is 0.323 e. The van der Waals surface area contributed by atoms with Gasteiger partial charge in [0.15, 0.2) is 5.82 Å². The first kappa shape index (κ1) is 17.5. The van der Waals surface area contributed by atoms with Gasteiger partial charge in [-0.1, -0.05) is 12.1 Å². The van der Waals surface area contributed by atoms with E-state index in [-0.39, 0.29) is 5.69 Å². The number of carbonyl (C=O) groups excluding carboxylic acids is 1. The number of halogens is 1. The number of nitrogens with one attached hydrogen (secondary N) is 3. The number of carbonyl (C=O) groups is 1. The summed E-state index contributed by atoms with van der Waals surface area (Å²) in [6.45, 7) is 3.49. The molecule has 0 saturated heterocycles. The van der Waals surface area contributed by atoms with Crippen LogP contribution in [0, 0.1) is 19.7 Å². The van der Waals surface area contributed by atoms with Gasteiger partial charge in [-0.3, -0.25) is 5.10 Å². The predicted molar refractivity (Wildman–Crippen MR) is 106 cm³/mol. The van der Waals surface area contributed by atoms with Crippen molar-refractivity contribution >= 4 is 34.1 Å². The molecule has 0 saturated carbocycles. The van der Waals surface area contributed by atoms with Gasteiger partial charge in [-0.25, -0.2) is 13.9 Å². The van der Waals surface area contributed by atoms with E-state index in [0.29, 0.717) is 17.1 Å². The molecule has 2 aromatic carbocycles. The first-order chi connectivity index (χ1) is 13.4. The van der Waals surface area contributed by atoms with Crippen molar-refractivity contribution in [3.8, 4) is 5.69 Å². The zero-order valence-electron chi connectivity index (χ0n) is 15.2. The van der Waals surface area contributed by atoms with Crippen LogP contribution in [0.3, 0.4) is 0 Å². The number of urea groups is 1. The van der Waals surface area contributed by atoms with Crippen molar-refractivity contribution in [2.24, 2.45) is 0 Å². The first-order valence-corrected chi connectivity index (χ1v) is 8.55. The Morgan fingerprint density at radius 2 is 2.07 bits per heavy atom. The van der Waals surface area contributed by atoms with Crippen molar-refractivity contribution in [2.45, 2.75) is 13.8 Å². The molecule has 4 rings (SSSR count). The van der Waals surface area contributed by atoms with E-state index in [0.717, 1.165) is 22.2 Å². The minimum absolute atomic E-state index is 0.123. The van der Waals surface area contributed by atoms with E-state index in [2.05, 4.69) is 25.9 Å². The van der Waals surface area contributed by atoms with Crippen LogP contribution in [0.25, 0.3) is 16.6 Å². The monoisotopic (exact) mass is 379 g/mol. The van der Waals surface area contributed by atoms with E-state index in [1.54, 1.807) is 29.9 Å². The molecule has 9 heteroatoms. The zero-order chi connectivity index (χ0) is 19.8. The number of hydrogen-bond acceptors (Lipinski definition) is 4. The molecule has 4 aromatic rings. The highest BCUT2D eigenvalue weighted by Crippen LogP contribution is 2.26. The number of hydrogen-bond donors (Lipinski definition) is 4. The van der Waals surface area contributed by atoms with Crippen molar-refractivity contribution in [1.29, 1.82) is 0 Å². The summed E-state index contributed by atoms with van der Waals surface area (Å²) >= 11 is 0. The van der Waals surface area contributed by atoms with Crippen molar-refractivity contribution in [2.75, 3.05) is 16.4 Å². The Labute approximate surface area is 159 Å². The molecule has 0 atom stereocenters. The van der Waals surface area contributed by atoms with Gasteiger partial charge in [0, 0.05) is 0 Å². The summed E-state index contributed by atoms with van der Waals surface area (Å²) in [6, 6.07) is 8.27. The standard InChI is InChI=1S/C19H18FN7O/c1-10-6-11(2)17(20)14(7-10)24-19(28)23-12-8-22-27(9-12)15-5-3-4-13-16(15)18(21)26-25-13/h3-9H,1-2H3,(H3,21,25,26)(H2,23,24,28). The van der Waals surface area contributed by atoms with Crippen LogP contribution in [-0.4, -0.2) is 26.0 Å². The zero-order valence-corrected chi connectivity index (χ0v) is 15.2. The maximum atomic E-state index is 14.2. The molecular weight excluding hydrogens is 361 g/mol. The molecule has 0 radical (unpaired) electrons. The largest absolute Gasteiger partial charge is 0.382 e. The Balaban J connectivity index is 1.55. The van der Waals surface area contributed by atoms with Crippen molar-refractivity contribution in [3.05, 3.63) is 59.7 Å². The molecule has 0 aliphatic carbocycles. The number of fused-ring (bicyclic) bond motifs is 1. The summed E-state index contributed by atoms with van der Waals surface area (Å²) in [4.78, 5) is 12.3. The van der Waals surface area contributed by atoms with Crippen LogP contribution in [-0.2, 0) is 0 Å². The Morgan fingerprint density at radius 3 is 2.89 bits per heavy atom. The van der Waals surface area contributed by atoms with Crippen LogP contribution in [0.2, 0.25) is 0 Å².